The zero-order valence-corrected chi connectivity index (χ0v) is 34.1. The third-order valence-corrected chi connectivity index (χ3v) is 14.4. The maximum atomic E-state index is 16.5. The third-order valence-electron chi connectivity index (χ3n) is 11.1. The number of alkyl halides is 1. The second kappa shape index (κ2) is 17.5. The van der Waals surface area contributed by atoms with E-state index in [1.165, 1.54) is 41.5 Å². The lowest BCUT2D eigenvalue weighted by molar-refractivity contribution is -0.148. The first-order valence-corrected chi connectivity index (χ1v) is 22.3. The van der Waals surface area contributed by atoms with Crippen molar-refractivity contribution in [3.8, 4) is 5.75 Å². The number of thiophene rings is 1. The minimum absolute atomic E-state index is 0.0302. The number of ether oxygens (including phenoxy) is 1. The van der Waals surface area contributed by atoms with Gasteiger partial charge in [0, 0.05) is 42.1 Å². The van der Waals surface area contributed by atoms with Crippen LogP contribution in [-0.2, 0) is 30.1 Å². The van der Waals surface area contributed by atoms with E-state index in [0.717, 1.165) is 25.7 Å². The standard InChI is InChI=1S/C42H49FN5O7PS/c1-4-20-54-42(52)26(3)46-56(53,55-32-11-7-6-8-12-32)38(43)28-14-17-36-29(21-28)22-37(57-36)39(49)45-34-13-9-10-31-15-16-35(48(31)40(34)50)41(51)47-24-30(25-47)33-23-44-19-18-27(33)5-2/h6-8,11-12,14,17-19,21-23,26,30-31,34-35,38H,4-5,9-10,13,15-16,20,24-25H2,1-3H3,(H,45,49)(H,46,53)/t26-,31-,34-,35-,38?,56?/m0/s1. The van der Waals surface area contributed by atoms with E-state index in [2.05, 4.69) is 22.3 Å². The molecule has 3 saturated heterocycles. The fourth-order valence-corrected chi connectivity index (χ4v) is 11.0. The third kappa shape index (κ3) is 8.63. The van der Waals surface area contributed by atoms with Gasteiger partial charge in [-0.2, -0.15) is 0 Å². The van der Waals surface area contributed by atoms with Crippen molar-refractivity contribution in [1.82, 2.24) is 25.2 Å². The summed E-state index contributed by atoms with van der Waals surface area (Å²) in [5, 5.41) is 6.07. The Morgan fingerprint density at radius 3 is 2.58 bits per heavy atom. The molecule has 2 aromatic carbocycles. The number of hydrogen-bond donors (Lipinski definition) is 2. The molecule has 3 aliphatic heterocycles. The van der Waals surface area contributed by atoms with Crippen molar-refractivity contribution in [2.45, 2.75) is 102 Å². The predicted molar refractivity (Wildman–Crippen MR) is 216 cm³/mol. The molecule has 3 aliphatic rings. The van der Waals surface area contributed by atoms with Crippen LogP contribution in [0.4, 0.5) is 4.39 Å². The summed E-state index contributed by atoms with van der Waals surface area (Å²) in [6.07, 6.45) is 8.47. The Kier molecular flexibility index (Phi) is 12.4. The first-order valence-electron chi connectivity index (χ1n) is 19.8. The van der Waals surface area contributed by atoms with Gasteiger partial charge in [0.15, 0.2) is 0 Å². The lowest BCUT2D eigenvalue weighted by Crippen LogP contribution is -2.58. The highest BCUT2D eigenvalue weighted by Gasteiger charge is 2.48. The Morgan fingerprint density at radius 1 is 1.04 bits per heavy atom. The van der Waals surface area contributed by atoms with E-state index < -0.39 is 43.4 Å². The molecule has 0 bridgehead atoms. The van der Waals surface area contributed by atoms with Gasteiger partial charge >= 0.3 is 13.5 Å². The van der Waals surface area contributed by atoms with Crippen LogP contribution in [0.1, 0.15) is 97.5 Å². The molecule has 12 nitrogen and oxygen atoms in total. The maximum Gasteiger partial charge on any atom is 0.355 e. The van der Waals surface area contributed by atoms with Crippen LogP contribution in [0.25, 0.3) is 10.1 Å². The number of benzene rings is 2. The molecule has 6 atom stereocenters. The molecule has 0 radical (unpaired) electrons. The number of nitrogens with one attached hydrogen (secondary N) is 2. The molecule has 2 N–H and O–H groups in total. The second-order valence-corrected chi connectivity index (χ2v) is 18.3. The van der Waals surface area contributed by atoms with E-state index in [9.17, 15) is 23.7 Å². The lowest BCUT2D eigenvalue weighted by Gasteiger charge is -2.43. The summed E-state index contributed by atoms with van der Waals surface area (Å²) in [6.45, 7) is 6.75. The first-order chi connectivity index (χ1) is 27.5. The van der Waals surface area contributed by atoms with Gasteiger partial charge in [-0.3, -0.25) is 28.7 Å². The van der Waals surface area contributed by atoms with E-state index in [1.54, 1.807) is 53.6 Å². The van der Waals surface area contributed by atoms with Crippen molar-refractivity contribution in [3.05, 3.63) is 94.6 Å². The zero-order chi connectivity index (χ0) is 40.3. The molecule has 3 fully saturated rings. The highest BCUT2D eigenvalue weighted by atomic mass is 32.1. The maximum absolute atomic E-state index is 16.5. The normalized spacial score (nSPS) is 21.8. The monoisotopic (exact) mass is 817 g/mol. The summed E-state index contributed by atoms with van der Waals surface area (Å²) >= 11 is 1.19. The van der Waals surface area contributed by atoms with Gasteiger partial charge in [-0.25, -0.2) is 9.48 Å². The average Bonchev–Trinajstić information content (AvgIpc) is 3.79. The van der Waals surface area contributed by atoms with Crippen LogP contribution in [0, 0.1) is 0 Å². The number of aryl methyl sites for hydroxylation is 1. The largest absolute Gasteiger partial charge is 0.465 e. The van der Waals surface area contributed by atoms with E-state index >= 15 is 4.39 Å². The summed E-state index contributed by atoms with van der Waals surface area (Å²) < 4.78 is 42.4. The number of amides is 3. The molecule has 15 heteroatoms. The molecule has 7 rings (SSSR count). The Hall–Kier alpha value is -4.65. The second-order valence-electron chi connectivity index (χ2n) is 15.1. The number of halogens is 1. The van der Waals surface area contributed by atoms with Crippen LogP contribution in [0.2, 0.25) is 0 Å². The summed E-state index contributed by atoms with van der Waals surface area (Å²) in [6, 6.07) is 13.9. The summed E-state index contributed by atoms with van der Waals surface area (Å²) in [4.78, 5) is 62.4. The van der Waals surface area contributed by atoms with Crippen LogP contribution in [0.3, 0.4) is 0 Å². The van der Waals surface area contributed by atoms with Crippen molar-refractivity contribution in [1.29, 1.82) is 0 Å². The molecule has 2 unspecified atom stereocenters. The number of pyridine rings is 1. The Bertz CT molecular complexity index is 2160. The number of fused-ring (bicyclic) bond motifs is 2. The topological polar surface area (TPSA) is 147 Å². The van der Waals surface area contributed by atoms with Gasteiger partial charge in [-0.1, -0.05) is 38.1 Å². The molecule has 57 heavy (non-hydrogen) atoms. The summed E-state index contributed by atoms with van der Waals surface area (Å²) in [7, 11) is -4.43. The smallest absolute Gasteiger partial charge is 0.355 e. The fourth-order valence-electron chi connectivity index (χ4n) is 8.10. The number of carbonyl (C=O) groups is 4. The van der Waals surface area contributed by atoms with E-state index in [0.29, 0.717) is 47.3 Å². The molecule has 3 amide bonds. The van der Waals surface area contributed by atoms with Crippen LogP contribution in [0.15, 0.2) is 73.1 Å². The van der Waals surface area contributed by atoms with Crippen molar-refractivity contribution in [2.24, 2.45) is 0 Å². The number of hydrogen-bond acceptors (Lipinski definition) is 9. The Balaban J connectivity index is 1.04. The van der Waals surface area contributed by atoms with Crippen molar-refractivity contribution in [3.63, 3.8) is 0 Å². The molecule has 0 aliphatic carbocycles. The lowest BCUT2D eigenvalue weighted by atomic mass is 9.88. The van der Waals surface area contributed by atoms with Gasteiger partial charge in [0.2, 0.25) is 17.7 Å². The van der Waals surface area contributed by atoms with Gasteiger partial charge in [0.05, 0.1) is 11.5 Å². The number of para-hydroxylation sites is 1. The molecule has 2 aromatic heterocycles. The minimum Gasteiger partial charge on any atom is -0.465 e. The van der Waals surface area contributed by atoms with Crippen molar-refractivity contribution >= 4 is 52.6 Å². The number of likely N-dealkylation sites (tertiary alicyclic amines) is 1. The highest BCUT2D eigenvalue weighted by molar-refractivity contribution is 7.57. The number of aromatic nitrogens is 1. The average molecular weight is 818 g/mol. The Labute approximate surface area is 336 Å². The molecular formula is C42H49FN5O7PS. The number of rotatable bonds is 14. The SMILES string of the molecule is CCCOC(=O)[C@H](C)NP(=O)(Oc1ccccc1)C(F)c1ccc2sc(C(=O)N[C@H]3CCC[C@H]4CC[C@@H](C(=O)N5CC(c6cnccc6CC)C5)N4C3=O)cc2c1. The van der Waals surface area contributed by atoms with Gasteiger partial charge in [0.25, 0.3) is 5.91 Å². The van der Waals surface area contributed by atoms with Gasteiger partial charge in [0.1, 0.15) is 23.9 Å². The minimum atomic E-state index is -4.43. The van der Waals surface area contributed by atoms with Crippen molar-refractivity contribution < 1.29 is 37.4 Å². The van der Waals surface area contributed by atoms with Gasteiger partial charge in [-0.15, -0.1) is 11.3 Å². The zero-order valence-electron chi connectivity index (χ0n) is 32.4. The first kappa shape index (κ1) is 40.5. The van der Waals surface area contributed by atoms with E-state index in [4.69, 9.17) is 9.26 Å². The fraction of sp³-hybridized carbons (Fsp3) is 0.452. The quantitative estimate of drug-likeness (QED) is 0.0989. The molecule has 5 heterocycles. The van der Waals surface area contributed by atoms with Crippen LogP contribution in [0.5, 0.6) is 5.75 Å². The van der Waals surface area contributed by atoms with Crippen LogP contribution in [-0.4, -0.2) is 82.3 Å². The molecule has 302 valence electrons. The van der Waals surface area contributed by atoms with E-state index in [1.807, 2.05) is 24.1 Å². The molecular weight excluding hydrogens is 769 g/mol. The molecule has 4 aromatic rings. The van der Waals surface area contributed by atoms with E-state index in [-0.39, 0.29) is 41.7 Å². The summed E-state index contributed by atoms with van der Waals surface area (Å²) in [5.74, 6) is -3.20. The Morgan fingerprint density at radius 2 is 1.82 bits per heavy atom. The molecule has 0 spiro atoms. The van der Waals surface area contributed by atoms with Gasteiger partial charge in [-0.05, 0) is 110 Å². The summed E-state index contributed by atoms with van der Waals surface area (Å²) in [5.41, 5.74) is 2.44. The van der Waals surface area contributed by atoms with Gasteiger partial charge < -0.3 is 24.4 Å². The number of esters is 1. The van der Waals surface area contributed by atoms with Crippen molar-refractivity contribution in [2.75, 3.05) is 19.7 Å². The van der Waals surface area contributed by atoms with Crippen LogP contribution >= 0.6 is 18.9 Å². The highest BCUT2D eigenvalue weighted by Crippen LogP contribution is 2.58. The molecule has 0 saturated carbocycles. The predicted octanol–water partition coefficient (Wildman–Crippen LogP) is 7.30. The van der Waals surface area contributed by atoms with Crippen LogP contribution < -0.4 is 14.9 Å². The number of nitrogens with zero attached hydrogens (tertiary/aromatic N) is 3. The number of carbonyl (C=O) groups excluding carboxylic acids is 4.